The maximum Gasteiger partial charge on any atom is 1.00 e. The van der Waals surface area contributed by atoms with Gasteiger partial charge in [0.25, 0.3) is 0 Å². The monoisotopic (exact) mass is 454 g/mol. The molecule has 0 saturated heterocycles. The van der Waals surface area contributed by atoms with Gasteiger partial charge >= 0.3 is 41.5 Å². The third-order valence-electron chi connectivity index (χ3n) is 3.39. The fourth-order valence-corrected chi connectivity index (χ4v) is 1.96. The molecule has 0 unspecified atom stereocenters. The van der Waals surface area contributed by atoms with Crippen LogP contribution in [0, 0.1) is 0 Å². The number of para-hydroxylation sites is 3. The molecule has 0 radical (unpaired) electrons. The average molecular weight is 454 g/mol. The van der Waals surface area contributed by atoms with E-state index in [2.05, 4.69) is 0 Å². The van der Waals surface area contributed by atoms with Crippen LogP contribution in [0.5, 0.6) is 17.2 Å². The summed E-state index contributed by atoms with van der Waals surface area (Å²) in [6.07, 6.45) is 0. The second kappa shape index (κ2) is 15.3. The van der Waals surface area contributed by atoms with Gasteiger partial charge in [-0.2, -0.15) is 0 Å². The van der Waals surface area contributed by atoms with Crippen LogP contribution in [0.3, 0.4) is 0 Å². The summed E-state index contributed by atoms with van der Waals surface area (Å²) in [5, 5.41) is 53.6. The first-order valence-corrected chi connectivity index (χ1v) is 8.17. The number of hydrogen-bond donors (Lipinski definition) is 5. The zero-order chi connectivity index (χ0) is 22.7. The third-order valence-corrected chi connectivity index (χ3v) is 3.39. The molecule has 164 valence electrons. The molecule has 0 aliphatic carbocycles. The number of carboxylic acid groups (broad SMARTS) is 3. The van der Waals surface area contributed by atoms with Gasteiger partial charge in [-0.1, -0.05) is 36.4 Å². The predicted octanol–water partition coefficient (Wildman–Crippen LogP) is -1.88. The minimum atomic E-state index is -1.36. The molecule has 0 spiro atoms. The first-order chi connectivity index (χ1) is 14.1. The molecule has 3 aromatic rings. The number of carbonyl (C=O) groups excluding carboxylic acids is 1. The molecule has 10 nitrogen and oxygen atoms in total. The Morgan fingerprint density at radius 1 is 0.562 bits per heavy atom. The van der Waals surface area contributed by atoms with E-state index in [9.17, 15) is 19.5 Å². The van der Waals surface area contributed by atoms with Crippen molar-refractivity contribution in [1.29, 1.82) is 0 Å². The summed E-state index contributed by atoms with van der Waals surface area (Å²) in [5.74, 6) is -4.25. The quantitative estimate of drug-likeness (QED) is 0.280. The number of rotatable bonds is 3. The standard InChI is InChI=1S/3C7H6O3.Na.H2O/c3*8-6-4-2-1-3-5(6)7(9)10;;/h3*1-4,8H,(H,9,10);;1H2/q;;;+1;/p-1. The Balaban J connectivity index is 0. The molecule has 7 N–H and O–H groups in total. The van der Waals surface area contributed by atoms with E-state index in [1.807, 2.05) is 0 Å². The van der Waals surface area contributed by atoms with E-state index >= 15 is 0 Å². The normalized spacial score (nSPS) is 8.62. The molecule has 0 amide bonds. The van der Waals surface area contributed by atoms with Crippen molar-refractivity contribution in [1.82, 2.24) is 0 Å². The van der Waals surface area contributed by atoms with Gasteiger partial charge in [0.15, 0.2) is 0 Å². The van der Waals surface area contributed by atoms with Crippen molar-refractivity contribution < 1.29 is 80.1 Å². The zero-order valence-electron chi connectivity index (χ0n) is 16.8. The van der Waals surface area contributed by atoms with E-state index in [-0.39, 0.29) is 69.0 Å². The van der Waals surface area contributed by atoms with Crippen LogP contribution >= 0.6 is 0 Å². The number of benzene rings is 3. The van der Waals surface area contributed by atoms with Gasteiger partial charge in [0.2, 0.25) is 0 Å². The molecule has 0 aliphatic heterocycles. The number of aromatic hydroxyl groups is 3. The second-order valence-electron chi connectivity index (χ2n) is 5.45. The van der Waals surface area contributed by atoms with E-state index in [0.717, 1.165) is 0 Å². The minimum Gasteiger partial charge on any atom is -0.545 e. The molecule has 0 aromatic heterocycles. The van der Waals surface area contributed by atoms with Crippen molar-refractivity contribution in [3.8, 4) is 17.2 Å². The van der Waals surface area contributed by atoms with Crippen LogP contribution in [0.15, 0.2) is 72.8 Å². The van der Waals surface area contributed by atoms with Gasteiger partial charge in [-0.25, -0.2) is 9.59 Å². The average Bonchev–Trinajstić information content (AvgIpc) is 2.69. The van der Waals surface area contributed by atoms with E-state index in [0.29, 0.717) is 0 Å². The first kappa shape index (κ1) is 30.6. The molecule has 0 fully saturated rings. The molecule has 0 saturated carbocycles. The van der Waals surface area contributed by atoms with Crippen molar-refractivity contribution in [2.45, 2.75) is 0 Å². The van der Waals surface area contributed by atoms with Crippen molar-refractivity contribution in [3.05, 3.63) is 89.5 Å². The Kier molecular flexibility index (Phi) is 14.6. The summed E-state index contributed by atoms with van der Waals surface area (Å²) in [6, 6.07) is 17.3. The zero-order valence-corrected chi connectivity index (χ0v) is 18.8. The number of aromatic carboxylic acids is 3. The van der Waals surface area contributed by atoms with Gasteiger partial charge in [0, 0.05) is 5.56 Å². The van der Waals surface area contributed by atoms with Crippen LogP contribution in [-0.2, 0) is 0 Å². The molecular weight excluding hydrogens is 435 g/mol. The van der Waals surface area contributed by atoms with Gasteiger partial charge in [0.05, 0.1) is 5.97 Å². The SMILES string of the molecule is O.O=C(O)c1ccccc1O.O=C(O)c1ccccc1O.O=C([O-])c1ccccc1O.[Na+]. The Labute approximate surface area is 204 Å². The Bertz CT molecular complexity index is 904. The van der Waals surface area contributed by atoms with Gasteiger partial charge in [-0.05, 0) is 36.4 Å². The van der Waals surface area contributed by atoms with Gasteiger partial charge in [-0.3, -0.25) is 0 Å². The number of carboxylic acids is 3. The van der Waals surface area contributed by atoms with Crippen molar-refractivity contribution in [3.63, 3.8) is 0 Å². The largest absolute Gasteiger partial charge is 1.00 e. The van der Waals surface area contributed by atoms with Gasteiger partial charge in [0.1, 0.15) is 28.4 Å². The molecule has 3 aromatic carbocycles. The van der Waals surface area contributed by atoms with Gasteiger partial charge < -0.3 is 40.9 Å². The molecule has 32 heavy (non-hydrogen) atoms. The molecule has 0 atom stereocenters. The van der Waals surface area contributed by atoms with Crippen molar-refractivity contribution >= 4 is 17.9 Å². The van der Waals surface area contributed by atoms with E-state index < -0.39 is 17.9 Å². The summed E-state index contributed by atoms with van der Waals surface area (Å²) in [4.78, 5) is 30.7. The fraction of sp³-hybridized carbons (Fsp3) is 0. The molecule has 11 heteroatoms. The Hall–Kier alpha value is -3.57. The maximum atomic E-state index is 10.3. The Morgan fingerprint density at radius 2 is 0.812 bits per heavy atom. The van der Waals surface area contributed by atoms with Crippen molar-refractivity contribution in [2.24, 2.45) is 0 Å². The van der Waals surface area contributed by atoms with Crippen LogP contribution in [0.25, 0.3) is 0 Å². The summed E-state index contributed by atoms with van der Waals surface area (Å²) in [6.45, 7) is 0. The summed E-state index contributed by atoms with van der Waals surface area (Å²) in [5.41, 5.74) is -0.312. The van der Waals surface area contributed by atoms with Gasteiger partial charge in [-0.15, -0.1) is 0 Å². The second-order valence-corrected chi connectivity index (χ2v) is 5.45. The van der Waals surface area contributed by atoms with E-state index in [1.165, 1.54) is 42.5 Å². The van der Waals surface area contributed by atoms with E-state index in [4.69, 9.17) is 25.5 Å². The molecule has 0 heterocycles. The Morgan fingerprint density at radius 3 is 0.969 bits per heavy atom. The summed E-state index contributed by atoms with van der Waals surface area (Å²) >= 11 is 0. The van der Waals surface area contributed by atoms with Crippen LogP contribution in [0.1, 0.15) is 31.1 Å². The topological polar surface area (TPSA) is 207 Å². The van der Waals surface area contributed by atoms with Crippen LogP contribution in [-0.4, -0.2) is 48.9 Å². The smallest absolute Gasteiger partial charge is 0.545 e. The van der Waals surface area contributed by atoms with Crippen molar-refractivity contribution in [2.75, 3.05) is 0 Å². The molecule has 0 bridgehead atoms. The number of hydrogen-bond acceptors (Lipinski definition) is 7. The number of phenols is 3. The minimum absolute atomic E-state index is 0. The molecule has 0 aliphatic rings. The number of carbonyl (C=O) groups is 3. The summed E-state index contributed by atoms with van der Waals surface area (Å²) in [7, 11) is 0. The maximum absolute atomic E-state index is 10.3. The van der Waals surface area contributed by atoms with Crippen LogP contribution < -0.4 is 34.7 Å². The van der Waals surface area contributed by atoms with Crippen LogP contribution in [0.2, 0.25) is 0 Å². The third kappa shape index (κ3) is 9.96. The first-order valence-electron chi connectivity index (χ1n) is 8.17. The fourth-order valence-electron chi connectivity index (χ4n) is 1.96. The van der Waals surface area contributed by atoms with E-state index in [1.54, 1.807) is 30.3 Å². The summed E-state index contributed by atoms with van der Waals surface area (Å²) < 4.78 is 0. The predicted molar refractivity (Wildman–Crippen MR) is 106 cm³/mol. The molecule has 3 rings (SSSR count). The molecular formula is C21H19NaO10. The van der Waals surface area contributed by atoms with Crippen LogP contribution in [0.4, 0.5) is 0 Å².